The van der Waals surface area contributed by atoms with Crippen molar-refractivity contribution >= 4 is 23.2 Å². The predicted molar refractivity (Wildman–Crippen MR) is 118 cm³/mol. The number of aromatic nitrogens is 1. The lowest BCUT2D eigenvalue weighted by Gasteiger charge is -2.33. The van der Waals surface area contributed by atoms with Gasteiger partial charge in [0.25, 0.3) is 0 Å². The Morgan fingerprint density at radius 3 is 2.41 bits per heavy atom. The third kappa shape index (κ3) is 5.23. The molecule has 1 aromatic heterocycles. The van der Waals surface area contributed by atoms with Crippen molar-refractivity contribution in [3.05, 3.63) is 48.4 Å². The van der Waals surface area contributed by atoms with Gasteiger partial charge < -0.3 is 14.7 Å². The van der Waals surface area contributed by atoms with Crippen molar-refractivity contribution < 1.29 is 32.2 Å². The van der Waals surface area contributed by atoms with Gasteiger partial charge in [-0.05, 0) is 36.4 Å². The molecule has 2 atom stereocenters. The number of carboxylic acids is 1. The van der Waals surface area contributed by atoms with Crippen LogP contribution in [0.5, 0.6) is 5.75 Å². The highest BCUT2D eigenvalue weighted by Crippen LogP contribution is 2.37. The van der Waals surface area contributed by atoms with Gasteiger partial charge in [0.2, 0.25) is 5.95 Å². The van der Waals surface area contributed by atoms with E-state index in [1.54, 1.807) is 36.4 Å². The fourth-order valence-electron chi connectivity index (χ4n) is 4.33. The van der Waals surface area contributed by atoms with Crippen LogP contribution in [0.2, 0.25) is 0 Å². The van der Waals surface area contributed by atoms with Crippen LogP contribution in [0.1, 0.15) is 26.2 Å². The maximum Gasteiger partial charge on any atom is 0.431 e. The van der Waals surface area contributed by atoms with E-state index in [2.05, 4.69) is 10.1 Å². The van der Waals surface area contributed by atoms with E-state index in [1.807, 2.05) is 4.90 Å². The van der Waals surface area contributed by atoms with Gasteiger partial charge in [0, 0.05) is 31.8 Å². The summed E-state index contributed by atoms with van der Waals surface area (Å²) in [6.45, 7) is 2.64. The first-order chi connectivity index (χ1) is 16.1. The van der Waals surface area contributed by atoms with Crippen molar-refractivity contribution in [2.45, 2.75) is 44.5 Å². The molecule has 182 valence electrons. The number of nitrogens with zero attached hydrogens (tertiary/aromatic N) is 4. The van der Waals surface area contributed by atoms with Gasteiger partial charge >= 0.3 is 12.1 Å². The highest BCUT2D eigenvalue weighted by atomic mass is 19.4. The second-order valence-corrected chi connectivity index (χ2v) is 8.40. The summed E-state index contributed by atoms with van der Waals surface area (Å²) >= 11 is 0. The van der Waals surface area contributed by atoms with Gasteiger partial charge in [-0.25, -0.2) is 4.98 Å². The zero-order chi connectivity index (χ0) is 24.5. The number of aliphatic carboxylic acids is 1. The largest absolute Gasteiger partial charge is 0.490 e. The molecule has 0 unspecified atom stereocenters. The van der Waals surface area contributed by atoms with E-state index >= 15 is 0 Å². The Bertz CT molecular complexity index is 1050. The first-order valence-electron chi connectivity index (χ1n) is 10.9. The number of hydrogen-bond acceptors (Lipinski definition) is 6. The smallest absolute Gasteiger partial charge is 0.431 e. The molecule has 0 saturated carbocycles. The van der Waals surface area contributed by atoms with Crippen LogP contribution in [0.4, 0.5) is 29.1 Å². The third-order valence-corrected chi connectivity index (χ3v) is 6.08. The van der Waals surface area contributed by atoms with Crippen LogP contribution in [-0.2, 0) is 4.79 Å². The normalized spacial score (nSPS) is 21.5. The van der Waals surface area contributed by atoms with Gasteiger partial charge in [-0.1, -0.05) is 13.0 Å². The summed E-state index contributed by atoms with van der Waals surface area (Å²) < 4.78 is 59.4. The highest BCUT2D eigenvalue weighted by Gasteiger charge is 2.48. The minimum atomic E-state index is -4.64. The Hall–Kier alpha value is -3.37. The van der Waals surface area contributed by atoms with E-state index in [-0.39, 0.29) is 6.10 Å². The molecule has 4 rings (SSSR count). The number of rotatable bonds is 6. The van der Waals surface area contributed by atoms with Crippen LogP contribution < -0.4 is 14.6 Å². The lowest BCUT2D eigenvalue weighted by molar-refractivity contribution is -0.137. The Morgan fingerprint density at radius 2 is 1.82 bits per heavy atom. The molecule has 0 aliphatic carbocycles. The number of anilines is 2. The number of carboxylic acid groups (broad SMARTS) is 1. The Kier molecular flexibility index (Phi) is 6.63. The SMILES string of the molecule is C[C@@H]1C(C(F)(F)F)=NN(c2ccc(OC3CCN(c4cccc(F)n4)CC3)cc2)[C@H]1CC(=O)O. The molecule has 34 heavy (non-hydrogen) atoms. The van der Waals surface area contributed by atoms with Gasteiger partial charge in [0.1, 0.15) is 23.4 Å². The lowest BCUT2D eigenvalue weighted by Crippen LogP contribution is -2.38. The fourth-order valence-corrected chi connectivity index (χ4v) is 4.33. The van der Waals surface area contributed by atoms with E-state index in [0.29, 0.717) is 43.2 Å². The molecule has 1 N–H and O–H groups in total. The number of carbonyl (C=O) groups is 1. The molecule has 2 aromatic rings. The average molecular weight is 480 g/mol. The van der Waals surface area contributed by atoms with E-state index in [1.165, 1.54) is 13.0 Å². The second kappa shape index (κ2) is 9.47. The molecule has 2 aliphatic heterocycles. The van der Waals surface area contributed by atoms with Gasteiger partial charge in [-0.3, -0.25) is 9.80 Å². The standard InChI is InChI=1S/C23H24F4N4O3/c1-14-18(13-21(32)33)31(29-22(14)23(25,26)27)15-5-7-16(8-6-15)34-17-9-11-30(12-10-17)20-4-2-3-19(24)28-20/h2-8,14,17-18H,9-13H2,1H3,(H,32,33)/t14-,18-/m0/s1. The summed E-state index contributed by atoms with van der Waals surface area (Å²) in [4.78, 5) is 17.1. The quantitative estimate of drug-likeness (QED) is 0.485. The zero-order valence-electron chi connectivity index (χ0n) is 18.4. The molecule has 2 aliphatic rings. The van der Waals surface area contributed by atoms with Crippen LogP contribution >= 0.6 is 0 Å². The average Bonchev–Trinajstić information content (AvgIpc) is 3.11. The van der Waals surface area contributed by atoms with Crippen molar-refractivity contribution in [1.29, 1.82) is 0 Å². The van der Waals surface area contributed by atoms with Crippen molar-refractivity contribution in [3.63, 3.8) is 0 Å². The molecule has 1 aromatic carbocycles. The van der Waals surface area contributed by atoms with E-state index in [4.69, 9.17) is 4.74 Å². The van der Waals surface area contributed by atoms with Crippen molar-refractivity contribution in [2.75, 3.05) is 23.0 Å². The molecule has 0 radical (unpaired) electrons. The van der Waals surface area contributed by atoms with Crippen LogP contribution in [0.3, 0.4) is 0 Å². The third-order valence-electron chi connectivity index (χ3n) is 6.08. The number of benzene rings is 1. The zero-order valence-corrected chi connectivity index (χ0v) is 18.4. The summed E-state index contributed by atoms with van der Waals surface area (Å²) in [6, 6.07) is 10.2. The molecule has 1 fully saturated rings. The lowest BCUT2D eigenvalue weighted by atomic mass is 9.94. The topological polar surface area (TPSA) is 78.3 Å². The minimum absolute atomic E-state index is 0.0721. The number of ether oxygens (including phenoxy) is 1. The summed E-state index contributed by atoms with van der Waals surface area (Å²) in [5.41, 5.74) is -0.629. The van der Waals surface area contributed by atoms with Crippen LogP contribution in [0.25, 0.3) is 0 Å². The molecule has 1 saturated heterocycles. The number of hydrogen-bond donors (Lipinski definition) is 1. The number of piperidine rings is 1. The van der Waals surface area contributed by atoms with Crippen molar-refractivity contribution in [2.24, 2.45) is 11.0 Å². The van der Waals surface area contributed by atoms with Crippen LogP contribution in [0, 0.1) is 11.9 Å². The number of alkyl halides is 3. The number of hydrazone groups is 1. The Balaban J connectivity index is 1.40. The van der Waals surface area contributed by atoms with Gasteiger partial charge in [-0.2, -0.15) is 22.7 Å². The van der Waals surface area contributed by atoms with E-state index < -0.39 is 42.2 Å². The van der Waals surface area contributed by atoms with Gasteiger partial charge in [0.05, 0.1) is 18.2 Å². The van der Waals surface area contributed by atoms with Crippen molar-refractivity contribution in [1.82, 2.24) is 4.98 Å². The van der Waals surface area contributed by atoms with Crippen LogP contribution in [0.15, 0.2) is 47.6 Å². The van der Waals surface area contributed by atoms with Crippen LogP contribution in [-0.4, -0.2) is 53.2 Å². The fraction of sp³-hybridized carbons (Fsp3) is 0.435. The van der Waals surface area contributed by atoms with E-state index in [9.17, 15) is 27.5 Å². The molecular formula is C23H24F4N4O3. The molecule has 3 heterocycles. The first kappa shape index (κ1) is 23.8. The Morgan fingerprint density at radius 1 is 1.15 bits per heavy atom. The molecule has 0 bridgehead atoms. The number of halogens is 4. The predicted octanol–water partition coefficient (Wildman–Crippen LogP) is 4.49. The van der Waals surface area contributed by atoms with Gasteiger partial charge in [0.15, 0.2) is 0 Å². The summed E-state index contributed by atoms with van der Waals surface area (Å²) in [5.74, 6) is -1.67. The Labute approximate surface area is 193 Å². The minimum Gasteiger partial charge on any atom is -0.490 e. The summed E-state index contributed by atoms with van der Waals surface area (Å²) in [5, 5.41) is 14.0. The highest BCUT2D eigenvalue weighted by molar-refractivity contribution is 5.95. The molecule has 11 heteroatoms. The summed E-state index contributed by atoms with van der Waals surface area (Å²) in [7, 11) is 0. The van der Waals surface area contributed by atoms with Gasteiger partial charge in [-0.15, -0.1) is 0 Å². The first-order valence-corrected chi connectivity index (χ1v) is 10.9. The molecule has 7 nitrogen and oxygen atoms in total. The molecular weight excluding hydrogens is 456 g/mol. The molecule has 0 amide bonds. The van der Waals surface area contributed by atoms with E-state index in [0.717, 1.165) is 5.01 Å². The second-order valence-electron chi connectivity index (χ2n) is 8.40. The number of pyridine rings is 1. The monoisotopic (exact) mass is 480 g/mol. The molecule has 0 spiro atoms. The summed E-state index contributed by atoms with van der Waals surface area (Å²) in [6.07, 6.45) is -3.78. The maximum absolute atomic E-state index is 13.4. The maximum atomic E-state index is 13.4. The van der Waals surface area contributed by atoms with Crippen molar-refractivity contribution in [3.8, 4) is 5.75 Å².